The number of hydrogen-bond donors (Lipinski definition) is 0. The molecule has 0 aromatic rings. The Bertz CT molecular complexity index is 89.1. The van der Waals surface area contributed by atoms with Gasteiger partial charge in [0.1, 0.15) is 0 Å². The van der Waals surface area contributed by atoms with Crippen molar-refractivity contribution < 1.29 is 4.43 Å². The number of hydrogen-bond acceptors (Lipinski definition) is 1. The van der Waals surface area contributed by atoms with Gasteiger partial charge in [0, 0.05) is 6.61 Å². The van der Waals surface area contributed by atoms with Crippen molar-refractivity contribution in [3.05, 3.63) is 12.3 Å². The van der Waals surface area contributed by atoms with Crippen molar-refractivity contribution in [3.8, 4) is 0 Å². The minimum Gasteiger partial charge on any atom is -0.424 e. The zero-order valence-corrected chi connectivity index (χ0v) is 8.37. The lowest BCUT2D eigenvalue weighted by molar-refractivity contribution is 0.298. The van der Waals surface area contributed by atoms with E-state index in [0.29, 0.717) is 0 Å². The fourth-order valence-corrected chi connectivity index (χ4v) is 6.93. The molecule has 1 aliphatic heterocycles. The van der Waals surface area contributed by atoms with Gasteiger partial charge in [-0.3, -0.25) is 0 Å². The van der Waals surface area contributed by atoms with Crippen LogP contribution < -0.4 is 0 Å². The molecule has 0 spiro atoms. The molecule has 0 aliphatic carbocycles. The van der Waals surface area contributed by atoms with Crippen LogP contribution in [0.2, 0.25) is 6.04 Å². The fraction of sp³-hybridized carbons (Fsp3) is 0.667. The highest BCUT2D eigenvalue weighted by Gasteiger charge is 2.13. The quantitative estimate of drug-likeness (QED) is 0.526. The van der Waals surface area contributed by atoms with Crippen LogP contribution in [-0.4, -0.2) is 24.2 Å². The van der Waals surface area contributed by atoms with Gasteiger partial charge >= 0.3 is 0 Å². The van der Waals surface area contributed by atoms with E-state index in [9.17, 15) is 0 Å². The van der Waals surface area contributed by atoms with Gasteiger partial charge in [-0.05, 0) is 12.5 Å². The maximum Gasteiger partial charge on any atom is 0.162 e. The molecule has 0 N–H and O–H groups in total. The van der Waals surface area contributed by atoms with Crippen LogP contribution in [0.1, 0.15) is 12.8 Å². The third kappa shape index (κ3) is 2.47. The first-order chi connectivity index (χ1) is 4.43. The van der Waals surface area contributed by atoms with E-state index in [1.165, 1.54) is 18.9 Å². The molecule has 0 radical (unpaired) electrons. The van der Waals surface area contributed by atoms with Gasteiger partial charge in [-0.1, -0.05) is 6.42 Å². The molecule has 1 nitrogen and oxygen atoms in total. The molecule has 1 aliphatic rings. The van der Waals surface area contributed by atoms with Gasteiger partial charge in [-0.2, -0.15) is 0 Å². The summed E-state index contributed by atoms with van der Waals surface area (Å²) in [7, 11) is -0.549. The van der Waals surface area contributed by atoms with Crippen molar-refractivity contribution in [2.45, 2.75) is 18.9 Å². The third-order valence-electron chi connectivity index (χ3n) is 1.70. The van der Waals surface area contributed by atoms with E-state index in [1.54, 1.807) is 0 Å². The molecule has 0 bridgehead atoms. The maximum absolute atomic E-state index is 5.65. The third-order valence-corrected chi connectivity index (χ3v) is 8.83. The molecule has 52 valence electrons. The van der Waals surface area contributed by atoms with Crippen molar-refractivity contribution in [1.29, 1.82) is 0 Å². The zero-order chi connectivity index (χ0) is 6.53. The van der Waals surface area contributed by atoms with Crippen molar-refractivity contribution in [2.75, 3.05) is 6.61 Å². The van der Waals surface area contributed by atoms with Gasteiger partial charge in [0.2, 0.25) is 0 Å². The summed E-state index contributed by atoms with van der Waals surface area (Å²) >= 11 is 0. The van der Waals surface area contributed by atoms with E-state index >= 15 is 0 Å². The first-order valence-corrected chi connectivity index (χ1v) is 9.03. The molecule has 1 rings (SSSR count). The van der Waals surface area contributed by atoms with E-state index in [2.05, 4.69) is 12.3 Å². The fourth-order valence-electron chi connectivity index (χ4n) is 1.18. The number of rotatable bonds is 2. The topological polar surface area (TPSA) is 9.23 Å². The van der Waals surface area contributed by atoms with E-state index in [1.807, 2.05) is 0 Å². The normalized spacial score (nSPS) is 29.1. The standard InChI is InChI=1S/C6H14OSi2/c1-2-8-9-6-4-3-5-7-9/h2,9H,1,3-6,8H2. The van der Waals surface area contributed by atoms with Gasteiger partial charge in [0.05, 0.1) is 9.04 Å². The van der Waals surface area contributed by atoms with Gasteiger partial charge < -0.3 is 4.43 Å². The molecule has 1 heterocycles. The Morgan fingerprint density at radius 2 is 2.44 bits per heavy atom. The first-order valence-electron chi connectivity index (χ1n) is 3.66. The zero-order valence-electron chi connectivity index (χ0n) is 5.81. The molecule has 1 atom stereocenters. The van der Waals surface area contributed by atoms with E-state index in [-0.39, 0.29) is 9.04 Å². The van der Waals surface area contributed by atoms with Gasteiger partial charge in [-0.15, -0.1) is 12.3 Å². The van der Waals surface area contributed by atoms with Crippen LogP contribution in [-0.2, 0) is 4.43 Å². The summed E-state index contributed by atoms with van der Waals surface area (Å²) < 4.78 is 5.65. The Kier molecular flexibility index (Phi) is 3.24. The smallest absolute Gasteiger partial charge is 0.162 e. The first kappa shape index (κ1) is 7.24. The highest BCUT2D eigenvalue weighted by Crippen LogP contribution is 2.09. The molecule has 1 saturated heterocycles. The second kappa shape index (κ2) is 4.03. The summed E-state index contributed by atoms with van der Waals surface area (Å²) in [6, 6.07) is 1.43. The Balaban J connectivity index is 2.15. The van der Waals surface area contributed by atoms with Gasteiger partial charge in [0.25, 0.3) is 0 Å². The second-order valence-electron chi connectivity index (χ2n) is 2.51. The van der Waals surface area contributed by atoms with Crippen LogP contribution in [0.4, 0.5) is 0 Å². The predicted molar refractivity (Wildman–Crippen MR) is 45.9 cm³/mol. The molecular formula is C6H14OSi2. The summed E-state index contributed by atoms with van der Waals surface area (Å²) in [5.74, 6) is 0. The van der Waals surface area contributed by atoms with Crippen LogP contribution >= 0.6 is 0 Å². The average molecular weight is 158 g/mol. The maximum atomic E-state index is 5.65. The highest BCUT2D eigenvalue weighted by atomic mass is 29.2. The summed E-state index contributed by atoms with van der Waals surface area (Å²) in [6.45, 7) is 4.82. The Morgan fingerprint density at radius 3 is 3.00 bits per heavy atom. The molecule has 0 amide bonds. The lowest BCUT2D eigenvalue weighted by Crippen LogP contribution is -2.29. The molecular weight excluding hydrogens is 144 g/mol. The monoisotopic (exact) mass is 158 g/mol. The Labute approximate surface area is 60.4 Å². The Hall–Kier alpha value is 0.134. The average Bonchev–Trinajstić information content (AvgIpc) is 1.91. The SMILES string of the molecule is C=C[SiH2][SiH]1CCCCO1. The van der Waals surface area contributed by atoms with Crippen LogP contribution in [0.25, 0.3) is 0 Å². The van der Waals surface area contributed by atoms with E-state index in [4.69, 9.17) is 4.43 Å². The largest absolute Gasteiger partial charge is 0.424 e. The molecule has 0 aromatic heterocycles. The van der Waals surface area contributed by atoms with Crippen molar-refractivity contribution in [3.63, 3.8) is 0 Å². The van der Waals surface area contributed by atoms with E-state index < -0.39 is 8.56 Å². The van der Waals surface area contributed by atoms with Crippen molar-refractivity contribution in [1.82, 2.24) is 0 Å². The summed E-state index contributed by atoms with van der Waals surface area (Å²) in [6.07, 6.45) is 2.73. The second-order valence-corrected chi connectivity index (χ2v) is 9.86. The van der Waals surface area contributed by atoms with E-state index in [0.717, 1.165) is 6.61 Å². The summed E-state index contributed by atoms with van der Waals surface area (Å²) in [5, 5.41) is 0. The van der Waals surface area contributed by atoms with Crippen LogP contribution in [0.3, 0.4) is 0 Å². The molecule has 0 saturated carbocycles. The highest BCUT2D eigenvalue weighted by molar-refractivity contribution is 7.11. The summed E-state index contributed by atoms with van der Waals surface area (Å²) in [4.78, 5) is 0. The lowest BCUT2D eigenvalue weighted by Gasteiger charge is -2.19. The summed E-state index contributed by atoms with van der Waals surface area (Å²) in [5.41, 5.74) is 2.14. The van der Waals surface area contributed by atoms with Gasteiger partial charge in [-0.25, -0.2) is 0 Å². The van der Waals surface area contributed by atoms with Crippen LogP contribution in [0, 0.1) is 0 Å². The lowest BCUT2D eigenvalue weighted by atomic mass is 10.4. The Morgan fingerprint density at radius 1 is 1.56 bits per heavy atom. The van der Waals surface area contributed by atoms with Crippen LogP contribution in [0.15, 0.2) is 12.3 Å². The molecule has 3 heteroatoms. The minimum atomic E-state index is -0.605. The van der Waals surface area contributed by atoms with Crippen molar-refractivity contribution >= 4 is 17.6 Å². The molecule has 1 fully saturated rings. The van der Waals surface area contributed by atoms with Gasteiger partial charge in [0.15, 0.2) is 8.56 Å². The molecule has 9 heavy (non-hydrogen) atoms. The predicted octanol–water partition coefficient (Wildman–Crippen LogP) is 0.330. The van der Waals surface area contributed by atoms with Crippen LogP contribution in [0.5, 0.6) is 0 Å². The van der Waals surface area contributed by atoms with Crippen molar-refractivity contribution in [2.24, 2.45) is 0 Å². The minimum absolute atomic E-state index is 0.0565. The molecule has 0 aromatic carbocycles. The molecule has 1 unspecified atom stereocenters.